The van der Waals surface area contributed by atoms with Gasteiger partial charge in [0.15, 0.2) is 11.5 Å². The summed E-state index contributed by atoms with van der Waals surface area (Å²) in [7, 11) is 1.58. The standard InChI is InChI=1S/C15H24N2O2/c1-3-4-5-8-17-10-13(16-11-17)12-6-7-14(18)15(9-12)19-2/h6-7,9,13,16,18H,3-5,8,10-11H2,1-2H3. The molecule has 1 aliphatic heterocycles. The van der Waals surface area contributed by atoms with Gasteiger partial charge in [0.2, 0.25) is 0 Å². The molecule has 4 heteroatoms. The Morgan fingerprint density at radius 2 is 2.26 bits per heavy atom. The summed E-state index contributed by atoms with van der Waals surface area (Å²) in [5.41, 5.74) is 1.17. The van der Waals surface area contributed by atoms with Crippen molar-refractivity contribution in [2.24, 2.45) is 0 Å². The van der Waals surface area contributed by atoms with Gasteiger partial charge in [-0.15, -0.1) is 0 Å². The Hall–Kier alpha value is -1.26. The fourth-order valence-corrected chi connectivity index (χ4v) is 2.52. The molecule has 19 heavy (non-hydrogen) atoms. The van der Waals surface area contributed by atoms with E-state index in [0.29, 0.717) is 11.8 Å². The van der Waals surface area contributed by atoms with Crippen LogP contribution in [0.1, 0.15) is 37.8 Å². The third kappa shape index (κ3) is 3.61. The molecule has 4 nitrogen and oxygen atoms in total. The van der Waals surface area contributed by atoms with Gasteiger partial charge < -0.3 is 9.84 Å². The average molecular weight is 264 g/mol. The number of aromatic hydroxyl groups is 1. The quantitative estimate of drug-likeness (QED) is 0.775. The number of nitrogens with zero attached hydrogens (tertiary/aromatic N) is 1. The van der Waals surface area contributed by atoms with E-state index in [4.69, 9.17) is 4.74 Å². The Balaban J connectivity index is 1.93. The fourth-order valence-electron chi connectivity index (χ4n) is 2.52. The molecule has 2 N–H and O–H groups in total. The van der Waals surface area contributed by atoms with E-state index in [1.807, 2.05) is 12.1 Å². The van der Waals surface area contributed by atoms with E-state index < -0.39 is 0 Å². The Labute approximate surface area is 115 Å². The van der Waals surface area contributed by atoms with E-state index >= 15 is 0 Å². The molecule has 1 aromatic rings. The van der Waals surface area contributed by atoms with Crippen LogP contribution in [0.15, 0.2) is 18.2 Å². The zero-order valence-electron chi connectivity index (χ0n) is 11.9. The summed E-state index contributed by atoms with van der Waals surface area (Å²) in [4.78, 5) is 2.44. The largest absolute Gasteiger partial charge is 0.504 e. The van der Waals surface area contributed by atoms with Crippen molar-refractivity contribution >= 4 is 0 Å². The number of rotatable bonds is 6. The number of ether oxygens (including phenoxy) is 1. The van der Waals surface area contributed by atoms with Crippen LogP contribution < -0.4 is 10.1 Å². The minimum atomic E-state index is 0.198. The smallest absolute Gasteiger partial charge is 0.160 e. The number of benzene rings is 1. The van der Waals surface area contributed by atoms with Crippen molar-refractivity contribution in [3.63, 3.8) is 0 Å². The maximum absolute atomic E-state index is 9.62. The second-order valence-corrected chi connectivity index (χ2v) is 5.13. The molecule has 1 saturated heterocycles. The van der Waals surface area contributed by atoms with Crippen LogP contribution in [-0.4, -0.2) is 36.9 Å². The highest BCUT2D eigenvalue weighted by atomic mass is 16.5. The Morgan fingerprint density at radius 3 is 3.00 bits per heavy atom. The lowest BCUT2D eigenvalue weighted by Gasteiger charge is -2.15. The second kappa shape index (κ2) is 6.78. The lowest BCUT2D eigenvalue weighted by molar-refractivity contribution is 0.322. The molecule has 0 aromatic heterocycles. The van der Waals surface area contributed by atoms with E-state index in [2.05, 4.69) is 17.1 Å². The number of methoxy groups -OCH3 is 1. The molecule has 1 unspecified atom stereocenters. The van der Waals surface area contributed by atoms with Crippen LogP contribution in [0.2, 0.25) is 0 Å². The summed E-state index contributed by atoms with van der Waals surface area (Å²) in [5.74, 6) is 0.743. The summed E-state index contributed by atoms with van der Waals surface area (Å²) in [6, 6.07) is 5.92. The van der Waals surface area contributed by atoms with Crippen molar-refractivity contribution in [1.82, 2.24) is 10.2 Å². The molecule has 1 atom stereocenters. The van der Waals surface area contributed by atoms with Gasteiger partial charge in [0.1, 0.15) is 0 Å². The van der Waals surface area contributed by atoms with E-state index in [1.54, 1.807) is 13.2 Å². The predicted molar refractivity (Wildman–Crippen MR) is 76.5 cm³/mol. The zero-order chi connectivity index (χ0) is 13.7. The highest BCUT2D eigenvalue weighted by Gasteiger charge is 2.23. The van der Waals surface area contributed by atoms with E-state index in [-0.39, 0.29) is 5.75 Å². The van der Waals surface area contributed by atoms with Crippen molar-refractivity contribution in [2.75, 3.05) is 26.9 Å². The minimum absolute atomic E-state index is 0.198. The van der Waals surface area contributed by atoms with Gasteiger partial charge in [-0.25, -0.2) is 0 Å². The monoisotopic (exact) mass is 264 g/mol. The second-order valence-electron chi connectivity index (χ2n) is 5.13. The molecule has 0 spiro atoms. The summed E-state index contributed by atoms with van der Waals surface area (Å²) >= 11 is 0. The number of unbranched alkanes of at least 4 members (excludes halogenated alkanes) is 2. The maximum atomic E-state index is 9.62. The number of hydrogen-bond acceptors (Lipinski definition) is 4. The lowest BCUT2D eigenvalue weighted by Crippen LogP contribution is -2.22. The molecule has 2 rings (SSSR count). The normalized spacial score (nSPS) is 19.8. The molecule has 1 fully saturated rings. The molecule has 106 valence electrons. The molecule has 0 saturated carbocycles. The first-order valence-electron chi connectivity index (χ1n) is 7.07. The van der Waals surface area contributed by atoms with Crippen molar-refractivity contribution in [3.8, 4) is 11.5 Å². The first-order chi connectivity index (χ1) is 9.24. The fraction of sp³-hybridized carbons (Fsp3) is 0.600. The van der Waals surface area contributed by atoms with Crippen LogP contribution in [0.4, 0.5) is 0 Å². The van der Waals surface area contributed by atoms with E-state index in [0.717, 1.165) is 19.8 Å². The highest BCUT2D eigenvalue weighted by molar-refractivity contribution is 5.42. The van der Waals surface area contributed by atoms with Crippen molar-refractivity contribution in [1.29, 1.82) is 0 Å². The summed E-state index contributed by atoms with van der Waals surface area (Å²) in [5, 5.41) is 13.1. The number of hydrogen-bond donors (Lipinski definition) is 2. The number of phenolic OH excluding ortho intramolecular Hbond substituents is 1. The maximum Gasteiger partial charge on any atom is 0.160 e. The average Bonchev–Trinajstić information content (AvgIpc) is 2.88. The van der Waals surface area contributed by atoms with E-state index in [9.17, 15) is 5.11 Å². The highest BCUT2D eigenvalue weighted by Crippen LogP contribution is 2.30. The van der Waals surface area contributed by atoms with Crippen molar-refractivity contribution in [3.05, 3.63) is 23.8 Å². The Kier molecular flexibility index (Phi) is 5.05. The Morgan fingerprint density at radius 1 is 1.42 bits per heavy atom. The van der Waals surface area contributed by atoms with E-state index in [1.165, 1.54) is 24.8 Å². The van der Waals surface area contributed by atoms with Gasteiger partial charge in [-0.05, 0) is 30.7 Å². The van der Waals surface area contributed by atoms with Gasteiger partial charge in [-0.2, -0.15) is 0 Å². The molecule has 0 bridgehead atoms. The minimum Gasteiger partial charge on any atom is -0.504 e. The topological polar surface area (TPSA) is 44.7 Å². The molecule has 1 aliphatic rings. The third-order valence-electron chi connectivity index (χ3n) is 3.69. The summed E-state index contributed by atoms with van der Waals surface area (Å²) < 4.78 is 5.16. The first kappa shape index (κ1) is 14.2. The van der Waals surface area contributed by atoms with Crippen molar-refractivity contribution in [2.45, 2.75) is 32.2 Å². The van der Waals surface area contributed by atoms with Gasteiger partial charge in [0, 0.05) is 19.3 Å². The van der Waals surface area contributed by atoms with Crippen LogP contribution >= 0.6 is 0 Å². The van der Waals surface area contributed by atoms with Crippen LogP contribution in [0, 0.1) is 0 Å². The van der Waals surface area contributed by atoms with Gasteiger partial charge in [-0.3, -0.25) is 10.2 Å². The molecular formula is C15H24N2O2. The van der Waals surface area contributed by atoms with Crippen LogP contribution in [-0.2, 0) is 0 Å². The van der Waals surface area contributed by atoms with Crippen LogP contribution in [0.3, 0.4) is 0 Å². The first-order valence-corrected chi connectivity index (χ1v) is 7.07. The number of nitrogens with one attached hydrogen (secondary N) is 1. The summed E-state index contributed by atoms with van der Waals surface area (Å²) in [6.07, 6.45) is 3.83. The van der Waals surface area contributed by atoms with Gasteiger partial charge in [-0.1, -0.05) is 25.8 Å². The summed E-state index contributed by atoms with van der Waals surface area (Å²) in [6.45, 7) is 5.36. The van der Waals surface area contributed by atoms with Crippen molar-refractivity contribution < 1.29 is 9.84 Å². The number of phenols is 1. The third-order valence-corrected chi connectivity index (χ3v) is 3.69. The Bertz CT molecular complexity index is 409. The van der Waals surface area contributed by atoms with Crippen LogP contribution in [0.25, 0.3) is 0 Å². The molecule has 0 aliphatic carbocycles. The van der Waals surface area contributed by atoms with Crippen LogP contribution in [0.5, 0.6) is 11.5 Å². The molecular weight excluding hydrogens is 240 g/mol. The van der Waals surface area contributed by atoms with Gasteiger partial charge >= 0.3 is 0 Å². The SMILES string of the molecule is CCCCCN1CNC(c2ccc(O)c(OC)c2)C1. The molecule has 0 radical (unpaired) electrons. The van der Waals surface area contributed by atoms with Gasteiger partial charge in [0.05, 0.1) is 7.11 Å². The molecule has 1 aromatic carbocycles. The predicted octanol–water partition coefficient (Wildman–Crippen LogP) is 2.49. The molecule has 0 amide bonds. The lowest BCUT2D eigenvalue weighted by atomic mass is 10.1. The molecule has 1 heterocycles. The zero-order valence-corrected chi connectivity index (χ0v) is 11.9. The van der Waals surface area contributed by atoms with Gasteiger partial charge in [0.25, 0.3) is 0 Å².